The molecule has 0 spiro atoms. The van der Waals surface area contributed by atoms with Crippen molar-refractivity contribution < 1.29 is 0 Å². The van der Waals surface area contributed by atoms with E-state index in [2.05, 4.69) is 67.6 Å². The topological polar surface area (TPSA) is 33.6 Å². The van der Waals surface area contributed by atoms with Crippen molar-refractivity contribution in [3.05, 3.63) is 34.1 Å². The Morgan fingerprint density at radius 2 is 1.83 bits per heavy atom. The van der Waals surface area contributed by atoms with Gasteiger partial charge in [0.1, 0.15) is 0 Å². The van der Waals surface area contributed by atoms with Crippen LogP contribution in [0.3, 0.4) is 0 Å². The van der Waals surface area contributed by atoms with Crippen LogP contribution in [0.1, 0.15) is 31.9 Å². The second-order valence-electron chi connectivity index (χ2n) is 5.66. The van der Waals surface area contributed by atoms with Gasteiger partial charge in [0.25, 0.3) is 0 Å². The lowest BCUT2D eigenvalue weighted by Gasteiger charge is -2.22. The molecule has 96 valence electrons. The molecule has 0 aliphatic rings. The largest absolute Gasteiger partial charge is 0.295 e. The summed E-state index contributed by atoms with van der Waals surface area (Å²) in [5, 5.41) is 7.26. The molecule has 0 saturated carbocycles. The molecule has 1 aromatic heterocycles. The predicted molar refractivity (Wildman–Crippen MR) is 77.3 cm³/mol. The number of H-pyrrole nitrogens is 1. The molecule has 1 heterocycles. The molecule has 3 nitrogen and oxygen atoms in total. The van der Waals surface area contributed by atoms with Gasteiger partial charge in [-0.05, 0) is 64.0 Å². The van der Waals surface area contributed by atoms with E-state index in [1.165, 1.54) is 11.1 Å². The molecule has 2 aromatic rings. The lowest BCUT2D eigenvalue weighted by atomic mass is 10.0. The molecule has 18 heavy (non-hydrogen) atoms. The van der Waals surface area contributed by atoms with E-state index < -0.39 is 0 Å². The van der Waals surface area contributed by atoms with E-state index in [-0.39, 0.29) is 5.54 Å². The van der Waals surface area contributed by atoms with Crippen LogP contribution in [0.15, 0.2) is 18.2 Å². The first-order chi connectivity index (χ1) is 8.30. The molecule has 0 aliphatic carbocycles. The van der Waals surface area contributed by atoms with Crippen LogP contribution in [0, 0.1) is 18.6 Å². The van der Waals surface area contributed by atoms with Crippen LogP contribution in [0.25, 0.3) is 11.4 Å². The fourth-order valence-corrected chi connectivity index (χ4v) is 2.40. The maximum Gasteiger partial charge on any atom is 0.195 e. The average molecular weight is 261 g/mol. The molecule has 0 radical (unpaired) electrons. The molecule has 0 atom stereocenters. The summed E-state index contributed by atoms with van der Waals surface area (Å²) in [6.07, 6.45) is 0. The van der Waals surface area contributed by atoms with Crippen LogP contribution in [0.5, 0.6) is 0 Å². The minimum Gasteiger partial charge on any atom is -0.295 e. The molecular weight excluding hydrogens is 242 g/mol. The standard InChI is InChI=1S/C14H19N3S/c1-9-6-7-11(8-10(9)2)12-15-16-13(18)17(12)14(3,4)5/h6-8H,1-5H3,(H,16,18). The molecule has 4 heteroatoms. The SMILES string of the molecule is Cc1ccc(-c2n[nH]c(=S)n2C(C)(C)C)cc1C. The third-order valence-electron chi connectivity index (χ3n) is 3.11. The first-order valence-electron chi connectivity index (χ1n) is 6.06. The summed E-state index contributed by atoms with van der Waals surface area (Å²) >= 11 is 5.32. The number of aryl methyl sites for hydroxylation is 2. The quantitative estimate of drug-likeness (QED) is 0.788. The lowest BCUT2D eigenvalue weighted by molar-refractivity contribution is 0.395. The predicted octanol–water partition coefficient (Wildman–Crippen LogP) is 3.98. The van der Waals surface area contributed by atoms with Gasteiger partial charge >= 0.3 is 0 Å². The summed E-state index contributed by atoms with van der Waals surface area (Å²) < 4.78 is 2.72. The summed E-state index contributed by atoms with van der Waals surface area (Å²) in [4.78, 5) is 0. The monoisotopic (exact) mass is 261 g/mol. The van der Waals surface area contributed by atoms with E-state index in [0.29, 0.717) is 4.77 Å². The number of benzene rings is 1. The van der Waals surface area contributed by atoms with Gasteiger partial charge in [-0.3, -0.25) is 9.67 Å². The number of rotatable bonds is 1. The van der Waals surface area contributed by atoms with Crippen LogP contribution >= 0.6 is 12.2 Å². The molecule has 0 saturated heterocycles. The van der Waals surface area contributed by atoms with Gasteiger partial charge in [0.15, 0.2) is 10.6 Å². The van der Waals surface area contributed by atoms with Crippen molar-refractivity contribution in [2.75, 3.05) is 0 Å². The summed E-state index contributed by atoms with van der Waals surface area (Å²) in [6.45, 7) is 10.6. The Kier molecular flexibility index (Phi) is 3.15. The van der Waals surface area contributed by atoms with E-state index in [4.69, 9.17) is 12.2 Å². The highest BCUT2D eigenvalue weighted by Gasteiger charge is 2.20. The van der Waals surface area contributed by atoms with Crippen molar-refractivity contribution in [3.8, 4) is 11.4 Å². The van der Waals surface area contributed by atoms with Crippen molar-refractivity contribution in [3.63, 3.8) is 0 Å². The van der Waals surface area contributed by atoms with Gasteiger partial charge in [-0.1, -0.05) is 12.1 Å². The van der Waals surface area contributed by atoms with Crippen molar-refractivity contribution in [2.24, 2.45) is 0 Å². The second-order valence-corrected chi connectivity index (χ2v) is 6.04. The smallest absolute Gasteiger partial charge is 0.195 e. The van der Waals surface area contributed by atoms with Crippen LogP contribution in [0.2, 0.25) is 0 Å². The van der Waals surface area contributed by atoms with Crippen LogP contribution in [-0.2, 0) is 5.54 Å². The highest BCUT2D eigenvalue weighted by Crippen LogP contribution is 2.25. The number of nitrogens with zero attached hydrogens (tertiary/aromatic N) is 2. The number of aromatic nitrogens is 3. The zero-order chi connectivity index (χ0) is 13.5. The molecule has 2 rings (SSSR count). The van der Waals surface area contributed by atoms with Crippen LogP contribution < -0.4 is 0 Å². The van der Waals surface area contributed by atoms with E-state index in [1.54, 1.807) is 0 Å². The van der Waals surface area contributed by atoms with Gasteiger partial charge in [0.2, 0.25) is 0 Å². The highest BCUT2D eigenvalue weighted by atomic mass is 32.1. The van der Waals surface area contributed by atoms with Crippen LogP contribution in [0.4, 0.5) is 0 Å². The van der Waals surface area contributed by atoms with E-state index in [0.717, 1.165) is 11.4 Å². The summed E-state index contributed by atoms with van der Waals surface area (Å²) in [6, 6.07) is 6.37. The van der Waals surface area contributed by atoms with Crippen molar-refractivity contribution in [1.29, 1.82) is 0 Å². The van der Waals surface area contributed by atoms with Crippen molar-refractivity contribution in [1.82, 2.24) is 14.8 Å². The Labute approximate surface area is 113 Å². The molecule has 1 aromatic carbocycles. The fourth-order valence-electron chi connectivity index (χ4n) is 1.99. The Morgan fingerprint density at radius 1 is 1.17 bits per heavy atom. The second kappa shape index (κ2) is 4.35. The Balaban J connectivity index is 2.65. The minimum atomic E-state index is -0.0851. The van der Waals surface area contributed by atoms with Crippen molar-refractivity contribution in [2.45, 2.75) is 40.2 Å². The van der Waals surface area contributed by atoms with Crippen molar-refractivity contribution >= 4 is 12.2 Å². The highest BCUT2D eigenvalue weighted by molar-refractivity contribution is 7.71. The van der Waals surface area contributed by atoms with Gasteiger partial charge < -0.3 is 0 Å². The molecule has 0 bridgehead atoms. The van der Waals surface area contributed by atoms with Gasteiger partial charge in [-0.2, -0.15) is 5.10 Å². The Morgan fingerprint density at radius 3 is 2.39 bits per heavy atom. The van der Waals surface area contributed by atoms with E-state index in [1.807, 2.05) is 0 Å². The minimum absolute atomic E-state index is 0.0851. The molecule has 0 fully saturated rings. The van der Waals surface area contributed by atoms with Gasteiger partial charge in [-0.15, -0.1) is 0 Å². The normalized spacial score (nSPS) is 11.8. The number of hydrogen-bond donors (Lipinski definition) is 1. The zero-order valence-corrected chi connectivity index (χ0v) is 12.4. The van der Waals surface area contributed by atoms with Gasteiger partial charge in [0, 0.05) is 11.1 Å². The number of hydrogen-bond acceptors (Lipinski definition) is 2. The average Bonchev–Trinajstić information content (AvgIpc) is 2.64. The molecular formula is C14H19N3S. The first kappa shape index (κ1) is 13.0. The number of aromatic amines is 1. The fraction of sp³-hybridized carbons (Fsp3) is 0.429. The third-order valence-corrected chi connectivity index (χ3v) is 3.38. The maximum absolute atomic E-state index is 5.32. The first-order valence-corrected chi connectivity index (χ1v) is 6.47. The van der Waals surface area contributed by atoms with E-state index >= 15 is 0 Å². The molecule has 0 unspecified atom stereocenters. The van der Waals surface area contributed by atoms with Gasteiger partial charge in [0.05, 0.1) is 0 Å². The van der Waals surface area contributed by atoms with Gasteiger partial charge in [-0.25, -0.2) is 0 Å². The molecule has 1 N–H and O–H groups in total. The van der Waals surface area contributed by atoms with Crippen LogP contribution in [-0.4, -0.2) is 14.8 Å². The summed E-state index contributed by atoms with van der Waals surface area (Å²) in [5.41, 5.74) is 3.57. The summed E-state index contributed by atoms with van der Waals surface area (Å²) in [7, 11) is 0. The van der Waals surface area contributed by atoms with E-state index in [9.17, 15) is 0 Å². The lowest BCUT2D eigenvalue weighted by Crippen LogP contribution is -2.23. The Hall–Kier alpha value is -1.42. The third kappa shape index (κ3) is 2.25. The zero-order valence-electron chi connectivity index (χ0n) is 11.5. The summed E-state index contributed by atoms with van der Waals surface area (Å²) in [5.74, 6) is 0.899. The molecule has 0 aliphatic heterocycles. The molecule has 0 amide bonds. The Bertz CT molecular complexity index is 629. The number of nitrogens with one attached hydrogen (secondary N) is 1. The maximum atomic E-state index is 5.32.